The lowest BCUT2D eigenvalue weighted by atomic mass is 10.1. The molecule has 0 bridgehead atoms. The van der Waals surface area contributed by atoms with E-state index in [1.807, 2.05) is 0 Å². The van der Waals surface area contributed by atoms with Gasteiger partial charge in [-0.15, -0.1) is 0 Å². The van der Waals surface area contributed by atoms with Crippen molar-refractivity contribution in [1.29, 1.82) is 0 Å². The Hall–Kier alpha value is -1.10. The van der Waals surface area contributed by atoms with Crippen LogP contribution in [0, 0.1) is 5.82 Å². The minimum absolute atomic E-state index is 0.145. The van der Waals surface area contributed by atoms with Crippen molar-refractivity contribution in [1.82, 2.24) is 0 Å². The van der Waals surface area contributed by atoms with Crippen molar-refractivity contribution in [3.8, 4) is 5.75 Å². The fourth-order valence-electron chi connectivity index (χ4n) is 1.24. The maximum absolute atomic E-state index is 13.7. The minimum atomic E-state index is -0.737. The number of halogens is 2. The van der Waals surface area contributed by atoms with Crippen LogP contribution in [0.15, 0.2) is 16.6 Å². The van der Waals surface area contributed by atoms with E-state index >= 15 is 0 Å². The van der Waals surface area contributed by atoms with Crippen LogP contribution >= 0.6 is 15.9 Å². The Balaban J connectivity index is 3.17. The number of methoxy groups -OCH3 is 1. The molecule has 94 valence electrons. The second-order valence-electron chi connectivity index (χ2n) is 4.47. The average Bonchev–Trinajstić information content (AvgIpc) is 2.12. The molecule has 0 aliphatic carbocycles. The zero-order chi connectivity index (χ0) is 13.2. The molecule has 17 heavy (non-hydrogen) atoms. The normalized spacial score (nSPS) is 11.2. The van der Waals surface area contributed by atoms with Crippen molar-refractivity contribution < 1.29 is 18.7 Å². The van der Waals surface area contributed by atoms with Gasteiger partial charge in [-0.3, -0.25) is 0 Å². The molecule has 1 aromatic rings. The number of ether oxygens (including phenoxy) is 2. The van der Waals surface area contributed by atoms with Gasteiger partial charge in [0.2, 0.25) is 0 Å². The van der Waals surface area contributed by atoms with Gasteiger partial charge in [0.15, 0.2) is 0 Å². The molecule has 0 aliphatic heterocycles. The molecule has 0 saturated heterocycles. The quantitative estimate of drug-likeness (QED) is 0.784. The second kappa shape index (κ2) is 5.04. The molecule has 5 heteroatoms. The van der Waals surface area contributed by atoms with E-state index < -0.39 is 17.4 Å². The van der Waals surface area contributed by atoms with Crippen LogP contribution in [0.25, 0.3) is 0 Å². The Morgan fingerprint density at radius 1 is 1.35 bits per heavy atom. The lowest BCUT2D eigenvalue weighted by Gasteiger charge is -2.20. The van der Waals surface area contributed by atoms with Crippen molar-refractivity contribution >= 4 is 21.9 Å². The van der Waals surface area contributed by atoms with Crippen molar-refractivity contribution in [3.05, 3.63) is 28.0 Å². The summed E-state index contributed by atoms with van der Waals surface area (Å²) in [4.78, 5) is 11.8. The third-order valence-corrected chi connectivity index (χ3v) is 2.30. The Morgan fingerprint density at radius 2 is 1.94 bits per heavy atom. The van der Waals surface area contributed by atoms with E-state index in [1.165, 1.54) is 19.2 Å². The lowest BCUT2D eigenvalue weighted by molar-refractivity contribution is 0.00615. The first-order chi connectivity index (χ1) is 7.74. The number of rotatable bonds is 2. The molecule has 1 rings (SSSR count). The number of esters is 1. The third-order valence-electron chi connectivity index (χ3n) is 1.84. The fourth-order valence-corrected chi connectivity index (χ4v) is 1.65. The van der Waals surface area contributed by atoms with Crippen LogP contribution in [0.2, 0.25) is 0 Å². The summed E-state index contributed by atoms with van der Waals surface area (Å²) in [7, 11) is 1.37. The minimum Gasteiger partial charge on any atom is -0.496 e. The van der Waals surface area contributed by atoms with Gasteiger partial charge in [0.25, 0.3) is 0 Å². The van der Waals surface area contributed by atoms with Crippen LogP contribution in [0.5, 0.6) is 5.75 Å². The highest BCUT2D eigenvalue weighted by Gasteiger charge is 2.24. The first-order valence-electron chi connectivity index (χ1n) is 5.01. The molecule has 3 nitrogen and oxygen atoms in total. The number of hydrogen-bond donors (Lipinski definition) is 0. The lowest BCUT2D eigenvalue weighted by Crippen LogP contribution is -2.24. The Bertz CT molecular complexity index is 438. The second-order valence-corrected chi connectivity index (χ2v) is 5.38. The fraction of sp³-hybridized carbons (Fsp3) is 0.417. The summed E-state index contributed by atoms with van der Waals surface area (Å²) in [5.74, 6) is -1.27. The van der Waals surface area contributed by atoms with E-state index in [4.69, 9.17) is 9.47 Å². The van der Waals surface area contributed by atoms with Crippen LogP contribution in [0.3, 0.4) is 0 Å². The molecule has 0 fully saturated rings. The van der Waals surface area contributed by atoms with Gasteiger partial charge in [-0.1, -0.05) is 15.9 Å². The molecule has 0 spiro atoms. The summed E-state index contributed by atoms with van der Waals surface area (Å²) in [6.07, 6.45) is 0. The molecule has 0 aliphatic rings. The highest BCUT2D eigenvalue weighted by Crippen LogP contribution is 2.28. The molecular formula is C12H14BrFO3. The standard InChI is InChI=1S/C12H14BrFO3/c1-12(2,3)17-11(15)10-8(14)5-7(13)6-9(10)16-4/h5-6H,1-4H3. The molecule has 0 heterocycles. The van der Waals surface area contributed by atoms with E-state index in [1.54, 1.807) is 20.8 Å². The molecule has 0 unspecified atom stereocenters. The van der Waals surface area contributed by atoms with E-state index in [2.05, 4.69) is 15.9 Å². The van der Waals surface area contributed by atoms with Crippen LogP contribution in [-0.2, 0) is 4.74 Å². The Labute approximate surface area is 108 Å². The highest BCUT2D eigenvalue weighted by molar-refractivity contribution is 9.10. The Kier molecular flexibility index (Phi) is 4.14. The first-order valence-corrected chi connectivity index (χ1v) is 5.80. The van der Waals surface area contributed by atoms with Gasteiger partial charge >= 0.3 is 5.97 Å². The summed E-state index contributed by atoms with van der Waals surface area (Å²) in [6, 6.07) is 2.71. The van der Waals surface area contributed by atoms with Crippen molar-refractivity contribution in [2.24, 2.45) is 0 Å². The summed E-state index contributed by atoms with van der Waals surface area (Å²) in [5, 5.41) is 0. The van der Waals surface area contributed by atoms with Gasteiger partial charge < -0.3 is 9.47 Å². The molecule has 0 atom stereocenters. The zero-order valence-corrected chi connectivity index (χ0v) is 11.7. The molecule has 0 radical (unpaired) electrons. The number of hydrogen-bond acceptors (Lipinski definition) is 3. The van der Waals surface area contributed by atoms with Gasteiger partial charge in [-0.2, -0.15) is 0 Å². The van der Waals surface area contributed by atoms with Crippen molar-refractivity contribution in [2.75, 3.05) is 7.11 Å². The zero-order valence-electron chi connectivity index (χ0n) is 10.1. The first kappa shape index (κ1) is 14.0. The van der Waals surface area contributed by atoms with E-state index in [9.17, 15) is 9.18 Å². The topological polar surface area (TPSA) is 35.5 Å². The van der Waals surface area contributed by atoms with Crippen LogP contribution in [-0.4, -0.2) is 18.7 Å². The van der Waals surface area contributed by atoms with E-state index in [0.29, 0.717) is 4.47 Å². The van der Waals surface area contributed by atoms with Gasteiger partial charge in [0, 0.05) is 4.47 Å². The van der Waals surface area contributed by atoms with Crippen LogP contribution < -0.4 is 4.74 Å². The highest BCUT2D eigenvalue weighted by atomic mass is 79.9. The van der Waals surface area contributed by atoms with Crippen molar-refractivity contribution in [2.45, 2.75) is 26.4 Å². The average molecular weight is 305 g/mol. The molecule has 1 aromatic carbocycles. The molecule has 0 aromatic heterocycles. The van der Waals surface area contributed by atoms with Crippen LogP contribution in [0.1, 0.15) is 31.1 Å². The summed E-state index contributed by atoms with van der Waals surface area (Å²) >= 11 is 3.13. The third kappa shape index (κ3) is 3.70. The summed E-state index contributed by atoms with van der Waals surface area (Å²) in [6.45, 7) is 5.15. The summed E-state index contributed by atoms with van der Waals surface area (Å²) in [5.41, 5.74) is -0.868. The van der Waals surface area contributed by atoms with E-state index in [0.717, 1.165) is 0 Å². The smallest absolute Gasteiger partial charge is 0.345 e. The predicted molar refractivity (Wildman–Crippen MR) is 65.8 cm³/mol. The van der Waals surface area contributed by atoms with Gasteiger partial charge in [0.05, 0.1) is 7.11 Å². The van der Waals surface area contributed by atoms with Crippen LogP contribution in [0.4, 0.5) is 4.39 Å². The van der Waals surface area contributed by atoms with Gasteiger partial charge in [-0.05, 0) is 32.9 Å². The maximum atomic E-state index is 13.7. The molecule has 0 saturated carbocycles. The van der Waals surface area contributed by atoms with E-state index in [-0.39, 0.29) is 11.3 Å². The van der Waals surface area contributed by atoms with Gasteiger partial charge in [-0.25, -0.2) is 9.18 Å². The monoisotopic (exact) mass is 304 g/mol. The molecular weight excluding hydrogens is 291 g/mol. The number of carbonyl (C=O) groups excluding carboxylic acids is 1. The maximum Gasteiger partial charge on any atom is 0.345 e. The molecule has 0 amide bonds. The Morgan fingerprint density at radius 3 is 2.41 bits per heavy atom. The van der Waals surface area contributed by atoms with Gasteiger partial charge in [0.1, 0.15) is 22.7 Å². The number of benzene rings is 1. The predicted octanol–water partition coefficient (Wildman–Crippen LogP) is 3.55. The number of carbonyl (C=O) groups is 1. The summed E-state index contributed by atoms with van der Waals surface area (Å²) < 4.78 is 24.3. The SMILES string of the molecule is COc1cc(Br)cc(F)c1C(=O)OC(C)(C)C. The van der Waals surface area contributed by atoms with Crippen molar-refractivity contribution in [3.63, 3.8) is 0 Å². The largest absolute Gasteiger partial charge is 0.496 e. The molecule has 0 N–H and O–H groups in total.